The summed E-state index contributed by atoms with van der Waals surface area (Å²) in [5.41, 5.74) is 3.26. The average molecular weight is 368 g/mol. The number of aryl methyl sites for hydroxylation is 1. The van der Waals surface area contributed by atoms with Crippen LogP contribution in [-0.4, -0.2) is 37.2 Å². The number of rotatable bonds is 6. The van der Waals surface area contributed by atoms with Crippen LogP contribution >= 0.6 is 0 Å². The molecule has 1 aliphatic rings. The van der Waals surface area contributed by atoms with Crippen molar-refractivity contribution in [2.24, 2.45) is 0 Å². The molecule has 7 nitrogen and oxygen atoms in total. The first-order valence-corrected chi connectivity index (χ1v) is 9.85. The Morgan fingerprint density at radius 3 is 2.93 bits per heavy atom. The van der Waals surface area contributed by atoms with Gasteiger partial charge in [0.15, 0.2) is 5.65 Å². The number of hydrogen-bond donors (Lipinski definition) is 1. The number of nitrogens with zero attached hydrogens (tertiary/aromatic N) is 5. The molecule has 1 aliphatic heterocycles. The fourth-order valence-electron chi connectivity index (χ4n) is 3.73. The van der Waals surface area contributed by atoms with Crippen LogP contribution in [0, 0.1) is 0 Å². The molecular formula is C20H28N6O. The lowest BCUT2D eigenvalue weighted by Gasteiger charge is -2.32. The zero-order valence-electron chi connectivity index (χ0n) is 16.3. The van der Waals surface area contributed by atoms with Gasteiger partial charge in [0.05, 0.1) is 12.4 Å². The van der Waals surface area contributed by atoms with Gasteiger partial charge in [-0.25, -0.2) is 9.67 Å². The molecule has 4 heterocycles. The standard InChI is InChI=1S/C20H28N6O/c1-4-25-13-17(12-23-25)19-18(6-5-7-27-19)21-9-15-8-16-11-24-26(14(2)3)20(16)22-10-15/h8,10-14,18-19,21H,4-7,9H2,1-3H3/t18-,19+/m0/s1. The molecule has 1 N–H and O–H groups in total. The third-order valence-electron chi connectivity index (χ3n) is 5.18. The molecule has 3 aromatic heterocycles. The predicted molar refractivity (Wildman–Crippen MR) is 104 cm³/mol. The normalized spacial score (nSPS) is 20.6. The Bertz CT molecular complexity index is 899. The van der Waals surface area contributed by atoms with E-state index in [-0.39, 0.29) is 12.1 Å². The predicted octanol–water partition coefficient (Wildman–Crippen LogP) is 3.24. The SMILES string of the molecule is CCn1cc([C@H]2OCCC[C@@H]2NCc2cnc3c(cnn3C(C)C)c2)cn1. The second-order valence-electron chi connectivity index (χ2n) is 7.49. The molecule has 0 radical (unpaired) electrons. The highest BCUT2D eigenvalue weighted by Gasteiger charge is 2.28. The molecule has 27 heavy (non-hydrogen) atoms. The molecule has 4 rings (SSSR count). The molecular weight excluding hydrogens is 340 g/mol. The van der Waals surface area contributed by atoms with Crippen molar-refractivity contribution in [2.45, 2.75) is 64.9 Å². The van der Waals surface area contributed by atoms with E-state index in [0.29, 0.717) is 6.04 Å². The van der Waals surface area contributed by atoms with Gasteiger partial charge in [-0.2, -0.15) is 10.2 Å². The molecule has 0 aliphatic carbocycles. The molecule has 3 aromatic rings. The fourth-order valence-corrected chi connectivity index (χ4v) is 3.73. The van der Waals surface area contributed by atoms with Crippen LogP contribution in [0.5, 0.6) is 0 Å². The lowest BCUT2D eigenvalue weighted by molar-refractivity contribution is -0.0112. The molecule has 7 heteroatoms. The van der Waals surface area contributed by atoms with Gasteiger partial charge in [0, 0.05) is 55.1 Å². The molecule has 2 atom stereocenters. The largest absolute Gasteiger partial charge is 0.372 e. The summed E-state index contributed by atoms with van der Waals surface area (Å²) >= 11 is 0. The van der Waals surface area contributed by atoms with Gasteiger partial charge < -0.3 is 10.1 Å². The molecule has 0 bridgehead atoms. The first-order valence-electron chi connectivity index (χ1n) is 9.85. The molecule has 1 saturated heterocycles. The minimum Gasteiger partial charge on any atom is -0.372 e. The van der Waals surface area contributed by atoms with Crippen LogP contribution in [0.15, 0.2) is 30.9 Å². The zero-order valence-corrected chi connectivity index (χ0v) is 16.3. The second kappa shape index (κ2) is 7.78. The average Bonchev–Trinajstić information content (AvgIpc) is 3.33. The molecule has 0 amide bonds. The van der Waals surface area contributed by atoms with E-state index >= 15 is 0 Å². The number of ether oxygens (including phenoxy) is 1. The summed E-state index contributed by atoms with van der Waals surface area (Å²) in [5.74, 6) is 0. The summed E-state index contributed by atoms with van der Waals surface area (Å²) in [7, 11) is 0. The summed E-state index contributed by atoms with van der Waals surface area (Å²) in [6, 6.07) is 2.76. The first kappa shape index (κ1) is 18.1. The summed E-state index contributed by atoms with van der Waals surface area (Å²) in [4.78, 5) is 4.63. The maximum absolute atomic E-state index is 6.08. The van der Waals surface area contributed by atoms with Crippen LogP contribution < -0.4 is 5.32 Å². The molecule has 0 aromatic carbocycles. The highest BCUT2D eigenvalue weighted by molar-refractivity contribution is 5.75. The second-order valence-corrected chi connectivity index (χ2v) is 7.49. The smallest absolute Gasteiger partial charge is 0.157 e. The van der Waals surface area contributed by atoms with Crippen LogP contribution in [0.25, 0.3) is 11.0 Å². The Morgan fingerprint density at radius 1 is 1.26 bits per heavy atom. The Balaban J connectivity index is 1.47. The van der Waals surface area contributed by atoms with Crippen molar-refractivity contribution < 1.29 is 4.74 Å². The van der Waals surface area contributed by atoms with Crippen LogP contribution in [-0.2, 0) is 17.8 Å². The Morgan fingerprint density at radius 2 is 2.15 bits per heavy atom. The van der Waals surface area contributed by atoms with E-state index in [4.69, 9.17) is 4.74 Å². The van der Waals surface area contributed by atoms with Crippen molar-refractivity contribution in [1.82, 2.24) is 29.9 Å². The highest BCUT2D eigenvalue weighted by Crippen LogP contribution is 2.28. The van der Waals surface area contributed by atoms with Crippen molar-refractivity contribution in [3.05, 3.63) is 42.0 Å². The number of fused-ring (bicyclic) bond motifs is 1. The van der Waals surface area contributed by atoms with Crippen LogP contribution in [0.2, 0.25) is 0 Å². The van der Waals surface area contributed by atoms with E-state index in [1.807, 2.05) is 28.0 Å². The number of hydrogen-bond acceptors (Lipinski definition) is 5. The molecule has 144 valence electrons. The first-order chi connectivity index (χ1) is 13.2. The van der Waals surface area contributed by atoms with Gasteiger partial charge in [0.1, 0.15) is 6.10 Å². The monoisotopic (exact) mass is 368 g/mol. The van der Waals surface area contributed by atoms with Crippen LogP contribution in [0.1, 0.15) is 56.9 Å². The maximum atomic E-state index is 6.08. The zero-order chi connectivity index (χ0) is 18.8. The quantitative estimate of drug-likeness (QED) is 0.723. The summed E-state index contributed by atoms with van der Waals surface area (Å²) in [5, 5.41) is 13.6. The number of nitrogens with one attached hydrogen (secondary N) is 1. The topological polar surface area (TPSA) is 69.8 Å². The van der Waals surface area contributed by atoms with E-state index < -0.39 is 0 Å². The lowest BCUT2D eigenvalue weighted by atomic mass is 9.98. The van der Waals surface area contributed by atoms with E-state index in [2.05, 4.69) is 53.5 Å². The van der Waals surface area contributed by atoms with Crippen molar-refractivity contribution >= 4 is 11.0 Å². The van der Waals surface area contributed by atoms with Gasteiger partial charge in [-0.1, -0.05) is 0 Å². The minimum absolute atomic E-state index is 0.0550. The van der Waals surface area contributed by atoms with Crippen molar-refractivity contribution in [3.8, 4) is 0 Å². The summed E-state index contributed by atoms with van der Waals surface area (Å²) in [6.45, 7) is 8.78. The van der Waals surface area contributed by atoms with Gasteiger partial charge in [0.2, 0.25) is 0 Å². The van der Waals surface area contributed by atoms with Crippen LogP contribution in [0.3, 0.4) is 0 Å². The van der Waals surface area contributed by atoms with Gasteiger partial charge in [-0.05, 0) is 45.2 Å². The highest BCUT2D eigenvalue weighted by atomic mass is 16.5. The maximum Gasteiger partial charge on any atom is 0.157 e. The summed E-state index contributed by atoms with van der Waals surface area (Å²) < 4.78 is 9.99. The van der Waals surface area contributed by atoms with E-state index in [1.54, 1.807) is 0 Å². The van der Waals surface area contributed by atoms with Gasteiger partial charge >= 0.3 is 0 Å². The van der Waals surface area contributed by atoms with E-state index in [1.165, 1.54) is 5.56 Å². The Kier molecular flexibility index (Phi) is 5.22. The third-order valence-corrected chi connectivity index (χ3v) is 5.18. The van der Waals surface area contributed by atoms with Crippen molar-refractivity contribution in [1.29, 1.82) is 0 Å². The Hall–Kier alpha value is -2.25. The van der Waals surface area contributed by atoms with Crippen molar-refractivity contribution in [3.63, 3.8) is 0 Å². The summed E-state index contributed by atoms with van der Waals surface area (Å²) in [6.07, 6.45) is 10.1. The van der Waals surface area contributed by atoms with Crippen LogP contribution in [0.4, 0.5) is 0 Å². The van der Waals surface area contributed by atoms with Gasteiger partial charge in [-0.15, -0.1) is 0 Å². The lowest BCUT2D eigenvalue weighted by Crippen LogP contribution is -2.39. The minimum atomic E-state index is 0.0550. The van der Waals surface area contributed by atoms with E-state index in [9.17, 15) is 0 Å². The van der Waals surface area contributed by atoms with Gasteiger partial charge in [-0.3, -0.25) is 4.68 Å². The van der Waals surface area contributed by atoms with E-state index in [0.717, 1.165) is 49.1 Å². The number of pyridine rings is 1. The Labute approximate surface area is 159 Å². The number of aromatic nitrogens is 5. The fraction of sp³-hybridized carbons (Fsp3) is 0.550. The molecule has 0 unspecified atom stereocenters. The molecule has 1 fully saturated rings. The third kappa shape index (κ3) is 3.75. The molecule has 0 spiro atoms. The van der Waals surface area contributed by atoms with Gasteiger partial charge in [0.25, 0.3) is 0 Å². The van der Waals surface area contributed by atoms with Crippen molar-refractivity contribution in [2.75, 3.05) is 6.61 Å². The molecule has 0 saturated carbocycles.